The molecule has 0 aliphatic heterocycles. The van der Waals surface area contributed by atoms with Crippen LogP contribution in [-0.4, -0.2) is 56.6 Å². The van der Waals surface area contributed by atoms with Gasteiger partial charge >= 0.3 is 0 Å². The minimum atomic E-state index is -1.29. The topological polar surface area (TPSA) is 65.0 Å². The molecule has 0 aliphatic carbocycles. The van der Waals surface area contributed by atoms with Gasteiger partial charge in [-0.3, -0.25) is 4.79 Å². The Bertz CT molecular complexity index is 577. The first-order valence-electron chi connectivity index (χ1n) is 12.4. The zero-order valence-corrected chi connectivity index (χ0v) is 20.8. The number of aliphatic hydroxyl groups is 1. The van der Waals surface area contributed by atoms with Crippen molar-refractivity contribution in [1.82, 2.24) is 0 Å². The number of hydrogen-bond acceptors (Lipinski definition) is 5. The number of unbranched alkanes of at least 4 members (excludes halogenated alkanes) is 9. The quantitative estimate of drug-likeness (QED) is 0.196. The van der Waals surface area contributed by atoms with Crippen LogP contribution in [0.3, 0.4) is 0 Å². The molecule has 0 fully saturated rings. The van der Waals surface area contributed by atoms with Crippen LogP contribution in [-0.2, 0) is 14.2 Å². The number of carbonyl (C=O) groups excluding carboxylic acids is 1. The van der Waals surface area contributed by atoms with Crippen molar-refractivity contribution in [3.63, 3.8) is 0 Å². The van der Waals surface area contributed by atoms with E-state index in [0.717, 1.165) is 12.8 Å². The Hall–Kier alpha value is -1.27. The Kier molecular flexibility index (Phi) is 16.3. The number of ketones is 1. The highest BCUT2D eigenvalue weighted by molar-refractivity contribution is 5.99. The fourth-order valence-electron chi connectivity index (χ4n) is 4.22. The zero-order chi connectivity index (χ0) is 23.6. The third-order valence-electron chi connectivity index (χ3n) is 6.29. The van der Waals surface area contributed by atoms with E-state index >= 15 is 0 Å². The van der Waals surface area contributed by atoms with Crippen LogP contribution in [0.2, 0.25) is 0 Å². The summed E-state index contributed by atoms with van der Waals surface area (Å²) in [4.78, 5) is 12.7. The van der Waals surface area contributed by atoms with Gasteiger partial charge in [-0.25, -0.2) is 0 Å². The molecular formula is C27H46O5. The molecule has 0 bridgehead atoms. The molecule has 1 aromatic rings. The zero-order valence-electron chi connectivity index (χ0n) is 20.8. The fraction of sp³-hybridized carbons (Fsp3) is 0.741. The van der Waals surface area contributed by atoms with Crippen molar-refractivity contribution in [1.29, 1.82) is 0 Å². The van der Waals surface area contributed by atoms with Crippen LogP contribution >= 0.6 is 0 Å². The highest BCUT2D eigenvalue weighted by Gasteiger charge is 2.35. The van der Waals surface area contributed by atoms with Crippen molar-refractivity contribution >= 4 is 5.78 Å². The number of rotatable bonds is 20. The number of Topliss-reactive ketones (excluding diaryl/α,β-unsaturated/α-hetero) is 1. The molecule has 4 atom stereocenters. The summed E-state index contributed by atoms with van der Waals surface area (Å²) in [6.07, 6.45) is 12.0. The number of methoxy groups -OCH3 is 3. The van der Waals surface area contributed by atoms with E-state index in [2.05, 4.69) is 6.92 Å². The van der Waals surface area contributed by atoms with Crippen molar-refractivity contribution in [3.05, 3.63) is 35.9 Å². The van der Waals surface area contributed by atoms with E-state index in [1.807, 2.05) is 6.07 Å². The van der Waals surface area contributed by atoms with Crippen LogP contribution < -0.4 is 0 Å². The molecule has 0 saturated carbocycles. The van der Waals surface area contributed by atoms with E-state index < -0.39 is 18.3 Å². The number of ether oxygens (including phenoxy) is 3. The molecule has 4 unspecified atom stereocenters. The summed E-state index contributed by atoms with van der Waals surface area (Å²) in [5, 5.41) is 10.7. The Morgan fingerprint density at radius 2 is 1.38 bits per heavy atom. The summed E-state index contributed by atoms with van der Waals surface area (Å²) < 4.78 is 16.8. The first kappa shape index (κ1) is 28.8. The molecule has 0 aliphatic rings. The predicted octanol–water partition coefficient (Wildman–Crippen LogP) is 5.98. The van der Waals surface area contributed by atoms with Crippen molar-refractivity contribution in [2.24, 2.45) is 0 Å². The molecule has 0 heterocycles. The van der Waals surface area contributed by atoms with Crippen molar-refractivity contribution in [2.45, 2.75) is 108 Å². The highest BCUT2D eigenvalue weighted by atomic mass is 16.5. The first-order chi connectivity index (χ1) is 15.6. The fourth-order valence-corrected chi connectivity index (χ4v) is 4.22. The monoisotopic (exact) mass is 450 g/mol. The SMILES string of the molecule is CCCCCCCCCCCCC(CC(OC)C(OC)C(O)C(=O)c1ccccc1)OC. The maximum atomic E-state index is 12.7. The normalized spacial score (nSPS) is 15.3. The second kappa shape index (κ2) is 18.2. The Morgan fingerprint density at radius 3 is 1.88 bits per heavy atom. The Morgan fingerprint density at radius 1 is 0.812 bits per heavy atom. The molecule has 0 radical (unpaired) electrons. The predicted molar refractivity (Wildman–Crippen MR) is 130 cm³/mol. The lowest BCUT2D eigenvalue weighted by Crippen LogP contribution is -2.46. The van der Waals surface area contributed by atoms with Gasteiger partial charge in [0.05, 0.1) is 12.2 Å². The van der Waals surface area contributed by atoms with Crippen LogP contribution in [0.5, 0.6) is 0 Å². The molecule has 5 heteroatoms. The summed E-state index contributed by atoms with van der Waals surface area (Å²) >= 11 is 0. The molecule has 0 amide bonds. The molecular weight excluding hydrogens is 404 g/mol. The highest BCUT2D eigenvalue weighted by Crippen LogP contribution is 2.21. The molecule has 184 valence electrons. The Labute approximate surface area is 195 Å². The number of carbonyl (C=O) groups is 1. The van der Waals surface area contributed by atoms with Crippen LogP contribution in [0.25, 0.3) is 0 Å². The lowest BCUT2D eigenvalue weighted by molar-refractivity contribution is -0.0999. The standard InChI is InChI=1S/C27H46O5/c1-5-6-7-8-9-10-11-12-13-17-20-23(30-2)21-24(31-3)27(32-4)26(29)25(28)22-18-15-14-16-19-22/h14-16,18-19,23-24,26-27,29H,5-13,17,20-21H2,1-4H3. The summed E-state index contributed by atoms with van der Waals surface area (Å²) in [5.41, 5.74) is 0.463. The summed E-state index contributed by atoms with van der Waals surface area (Å²) in [6, 6.07) is 8.80. The van der Waals surface area contributed by atoms with Gasteiger partial charge in [0.25, 0.3) is 0 Å². The van der Waals surface area contributed by atoms with Crippen molar-refractivity contribution in [3.8, 4) is 0 Å². The second-order valence-electron chi connectivity index (χ2n) is 8.71. The lowest BCUT2D eigenvalue weighted by Gasteiger charge is -2.30. The van der Waals surface area contributed by atoms with Gasteiger partial charge in [-0.05, 0) is 6.42 Å². The number of aliphatic hydroxyl groups excluding tert-OH is 1. The van der Waals surface area contributed by atoms with Crippen molar-refractivity contribution < 1.29 is 24.1 Å². The van der Waals surface area contributed by atoms with Crippen LogP contribution in [0.4, 0.5) is 0 Å². The van der Waals surface area contributed by atoms with Gasteiger partial charge in [-0.1, -0.05) is 101 Å². The van der Waals surface area contributed by atoms with Crippen molar-refractivity contribution in [2.75, 3.05) is 21.3 Å². The minimum absolute atomic E-state index is 0.00525. The molecule has 0 spiro atoms. The summed E-state index contributed by atoms with van der Waals surface area (Å²) in [5.74, 6) is -0.358. The smallest absolute Gasteiger partial charge is 0.194 e. The van der Waals surface area contributed by atoms with E-state index in [4.69, 9.17) is 14.2 Å². The maximum Gasteiger partial charge on any atom is 0.194 e. The summed E-state index contributed by atoms with van der Waals surface area (Å²) in [6.45, 7) is 2.25. The lowest BCUT2D eigenvalue weighted by atomic mass is 9.94. The molecule has 5 nitrogen and oxygen atoms in total. The number of hydrogen-bond donors (Lipinski definition) is 1. The van der Waals surface area contributed by atoms with Crippen LogP contribution in [0.1, 0.15) is 94.3 Å². The molecule has 1 N–H and O–H groups in total. The van der Waals surface area contributed by atoms with E-state index in [1.165, 1.54) is 64.9 Å². The largest absolute Gasteiger partial charge is 0.382 e. The third kappa shape index (κ3) is 11.0. The Balaban J connectivity index is 2.41. The third-order valence-corrected chi connectivity index (χ3v) is 6.29. The van der Waals surface area contributed by atoms with Gasteiger partial charge in [-0.2, -0.15) is 0 Å². The van der Waals surface area contributed by atoms with Gasteiger partial charge in [-0.15, -0.1) is 0 Å². The molecule has 0 saturated heterocycles. The maximum absolute atomic E-state index is 12.7. The van der Waals surface area contributed by atoms with Crippen LogP contribution in [0.15, 0.2) is 30.3 Å². The first-order valence-corrected chi connectivity index (χ1v) is 12.4. The number of benzene rings is 1. The van der Waals surface area contributed by atoms with E-state index in [0.29, 0.717) is 12.0 Å². The van der Waals surface area contributed by atoms with E-state index in [9.17, 15) is 9.90 Å². The minimum Gasteiger partial charge on any atom is -0.382 e. The molecule has 1 aromatic carbocycles. The second-order valence-corrected chi connectivity index (χ2v) is 8.71. The van der Waals surface area contributed by atoms with Gasteiger partial charge in [0.2, 0.25) is 0 Å². The average Bonchev–Trinajstić information content (AvgIpc) is 2.83. The summed E-state index contributed by atoms with van der Waals surface area (Å²) in [7, 11) is 4.80. The van der Waals surface area contributed by atoms with Gasteiger partial charge in [0.1, 0.15) is 12.2 Å². The average molecular weight is 451 g/mol. The van der Waals surface area contributed by atoms with Crippen LogP contribution in [0, 0.1) is 0 Å². The van der Waals surface area contributed by atoms with E-state index in [-0.39, 0.29) is 11.9 Å². The van der Waals surface area contributed by atoms with Gasteiger partial charge < -0.3 is 19.3 Å². The van der Waals surface area contributed by atoms with Gasteiger partial charge in [0, 0.05) is 33.3 Å². The van der Waals surface area contributed by atoms with E-state index in [1.54, 1.807) is 38.5 Å². The molecule has 1 rings (SSSR count). The molecule has 32 heavy (non-hydrogen) atoms. The van der Waals surface area contributed by atoms with Gasteiger partial charge in [0.15, 0.2) is 5.78 Å². The molecule has 0 aromatic heterocycles.